The van der Waals surface area contributed by atoms with Crippen LogP contribution in [-0.2, 0) is 4.79 Å². The maximum atomic E-state index is 12.1. The Morgan fingerprint density at radius 3 is 2.52 bits per heavy atom. The quantitative estimate of drug-likeness (QED) is 0.885. The summed E-state index contributed by atoms with van der Waals surface area (Å²) in [6.45, 7) is 3.56. The van der Waals surface area contributed by atoms with Crippen LogP contribution >= 0.6 is 23.2 Å². The Labute approximate surface area is 133 Å². The lowest BCUT2D eigenvalue weighted by Crippen LogP contribution is -2.30. The highest BCUT2D eigenvalue weighted by atomic mass is 35.5. The van der Waals surface area contributed by atoms with Gasteiger partial charge in [0.1, 0.15) is 5.75 Å². The van der Waals surface area contributed by atoms with E-state index in [0.717, 1.165) is 5.56 Å². The third kappa shape index (κ3) is 4.13. The first-order chi connectivity index (χ1) is 9.97. The number of amides is 1. The molecule has 0 aromatic heterocycles. The third-order valence-corrected chi connectivity index (χ3v) is 3.67. The van der Waals surface area contributed by atoms with E-state index in [2.05, 4.69) is 5.32 Å². The minimum absolute atomic E-state index is 0.269. The highest BCUT2D eigenvalue weighted by molar-refractivity contribution is 6.32. The molecule has 0 aliphatic heterocycles. The fraction of sp³-hybridized carbons (Fsp3) is 0.188. The molecule has 0 radical (unpaired) electrons. The molecule has 2 aromatic carbocycles. The van der Waals surface area contributed by atoms with Crippen LogP contribution in [-0.4, -0.2) is 12.0 Å². The Morgan fingerprint density at radius 2 is 1.86 bits per heavy atom. The highest BCUT2D eigenvalue weighted by Gasteiger charge is 2.16. The Balaban J connectivity index is 2.02. The molecule has 3 nitrogen and oxygen atoms in total. The van der Waals surface area contributed by atoms with E-state index in [-0.39, 0.29) is 5.91 Å². The Kier molecular flexibility index (Phi) is 5.10. The summed E-state index contributed by atoms with van der Waals surface area (Å²) in [5, 5.41) is 3.83. The first-order valence-electron chi connectivity index (χ1n) is 6.45. The molecule has 0 spiro atoms. The van der Waals surface area contributed by atoms with Crippen molar-refractivity contribution in [1.82, 2.24) is 0 Å². The van der Waals surface area contributed by atoms with E-state index in [1.165, 1.54) is 0 Å². The Bertz CT molecular complexity index is 658. The molecule has 1 amide bonds. The van der Waals surface area contributed by atoms with Crippen molar-refractivity contribution in [3.05, 3.63) is 58.1 Å². The van der Waals surface area contributed by atoms with E-state index in [9.17, 15) is 4.79 Å². The normalized spacial score (nSPS) is 11.8. The van der Waals surface area contributed by atoms with E-state index >= 15 is 0 Å². The second-order valence-corrected chi connectivity index (χ2v) is 5.46. The summed E-state index contributed by atoms with van der Waals surface area (Å²) in [7, 11) is 0. The number of hydrogen-bond donors (Lipinski definition) is 1. The van der Waals surface area contributed by atoms with Gasteiger partial charge in [0.2, 0.25) is 0 Å². The molecule has 0 bridgehead atoms. The SMILES string of the molecule is Cc1ccc(NC(=O)C(C)Oc2ccccc2Cl)cc1Cl. The number of carbonyl (C=O) groups is 1. The number of para-hydroxylation sites is 1. The van der Waals surface area contributed by atoms with Crippen molar-refractivity contribution < 1.29 is 9.53 Å². The van der Waals surface area contributed by atoms with E-state index in [0.29, 0.717) is 21.5 Å². The number of nitrogens with one attached hydrogen (secondary N) is 1. The second-order valence-electron chi connectivity index (χ2n) is 4.64. The molecular formula is C16H15Cl2NO2. The van der Waals surface area contributed by atoms with Gasteiger partial charge in [-0.15, -0.1) is 0 Å². The van der Waals surface area contributed by atoms with Gasteiger partial charge in [0.15, 0.2) is 6.10 Å². The standard InChI is InChI=1S/C16H15Cl2NO2/c1-10-7-8-12(9-14(10)18)19-16(20)11(2)21-15-6-4-3-5-13(15)17/h3-9,11H,1-2H3,(H,19,20). The molecule has 1 N–H and O–H groups in total. The van der Waals surface area contributed by atoms with Gasteiger partial charge in [-0.1, -0.05) is 41.4 Å². The molecule has 0 heterocycles. The van der Waals surface area contributed by atoms with Crippen molar-refractivity contribution in [2.24, 2.45) is 0 Å². The number of benzene rings is 2. The van der Waals surface area contributed by atoms with E-state index < -0.39 is 6.10 Å². The molecule has 1 atom stereocenters. The maximum absolute atomic E-state index is 12.1. The summed E-state index contributed by atoms with van der Waals surface area (Å²) in [5.41, 5.74) is 1.58. The zero-order valence-corrected chi connectivity index (χ0v) is 13.2. The summed E-state index contributed by atoms with van der Waals surface area (Å²) in [6, 6.07) is 12.4. The van der Waals surface area contributed by atoms with Crippen molar-refractivity contribution in [2.75, 3.05) is 5.32 Å². The lowest BCUT2D eigenvalue weighted by Gasteiger charge is -2.15. The van der Waals surface area contributed by atoms with Gasteiger partial charge in [0, 0.05) is 10.7 Å². The summed E-state index contributed by atoms with van der Waals surface area (Å²) < 4.78 is 5.56. The predicted molar refractivity (Wildman–Crippen MR) is 86.4 cm³/mol. The van der Waals surface area contributed by atoms with Crippen molar-refractivity contribution in [3.63, 3.8) is 0 Å². The zero-order chi connectivity index (χ0) is 15.4. The first kappa shape index (κ1) is 15.7. The van der Waals surface area contributed by atoms with Gasteiger partial charge in [-0.05, 0) is 43.7 Å². The van der Waals surface area contributed by atoms with E-state index in [4.69, 9.17) is 27.9 Å². The minimum Gasteiger partial charge on any atom is -0.479 e. The fourth-order valence-corrected chi connectivity index (χ4v) is 2.06. The van der Waals surface area contributed by atoms with Crippen LogP contribution in [0.3, 0.4) is 0 Å². The molecule has 21 heavy (non-hydrogen) atoms. The van der Waals surface area contributed by atoms with Crippen molar-refractivity contribution in [1.29, 1.82) is 0 Å². The van der Waals surface area contributed by atoms with Crippen LogP contribution < -0.4 is 10.1 Å². The van der Waals surface area contributed by atoms with Crippen molar-refractivity contribution >= 4 is 34.8 Å². The van der Waals surface area contributed by atoms with Crippen LogP contribution in [0.15, 0.2) is 42.5 Å². The van der Waals surface area contributed by atoms with Crippen LogP contribution in [0.25, 0.3) is 0 Å². The smallest absolute Gasteiger partial charge is 0.265 e. The molecule has 1 unspecified atom stereocenters. The lowest BCUT2D eigenvalue weighted by molar-refractivity contribution is -0.122. The number of anilines is 1. The van der Waals surface area contributed by atoms with Crippen LogP contribution in [0.2, 0.25) is 10.0 Å². The largest absolute Gasteiger partial charge is 0.479 e. The van der Waals surface area contributed by atoms with Gasteiger partial charge in [0.25, 0.3) is 5.91 Å². The zero-order valence-electron chi connectivity index (χ0n) is 11.7. The number of rotatable bonds is 4. The average Bonchev–Trinajstić information content (AvgIpc) is 2.45. The second kappa shape index (κ2) is 6.83. The lowest BCUT2D eigenvalue weighted by atomic mass is 10.2. The summed E-state index contributed by atoms with van der Waals surface area (Å²) in [4.78, 5) is 12.1. The monoisotopic (exact) mass is 323 g/mol. The average molecular weight is 324 g/mol. The van der Waals surface area contributed by atoms with Crippen LogP contribution in [0, 0.1) is 6.92 Å². The summed E-state index contributed by atoms with van der Waals surface area (Å²) in [5.74, 6) is 0.207. The Morgan fingerprint density at radius 1 is 1.14 bits per heavy atom. The van der Waals surface area contributed by atoms with Gasteiger partial charge in [-0.25, -0.2) is 0 Å². The number of carbonyl (C=O) groups excluding carboxylic acids is 1. The van der Waals surface area contributed by atoms with Gasteiger partial charge in [-0.3, -0.25) is 4.79 Å². The molecule has 110 valence electrons. The van der Waals surface area contributed by atoms with Crippen molar-refractivity contribution in [3.8, 4) is 5.75 Å². The highest BCUT2D eigenvalue weighted by Crippen LogP contribution is 2.25. The summed E-state index contributed by atoms with van der Waals surface area (Å²) >= 11 is 12.0. The number of halogens is 2. The van der Waals surface area contributed by atoms with Crippen LogP contribution in [0.1, 0.15) is 12.5 Å². The van der Waals surface area contributed by atoms with Gasteiger partial charge < -0.3 is 10.1 Å². The first-order valence-corrected chi connectivity index (χ1v) is 7.21. The van der Waals surface area contributed by atoms with Gasteiger partial charge in [0.05, 0.1) is 5.02 Å². The molecule has 5 heteroatoms. The molecule has 0 aliphatic rings. The van der Waals surface area contributed by atoms with E-state index in [1.807, 2.05) is 13.0 Å². The van der Waals surface area contributed by atoms with Crippen molar-refractivity contribution in [2.45, 2.75) is 20.0 Å². The molecule has 0 fully saturated rings. The molecule has 0 saturated heterocycles. The third-order valence-electron chi connectivity index (χ3n) is 2.95. The van der Waals surface area contributed by atoms with Gasteiger partial charge >= 0.3 is 0 Å². The summed E-state index contributed by atoms with van der Waals surface area (Å²) in [6.07, 6.45) is -0.676. The molecular weight excluding hydrogens is 309 g/mol. The van der Waals surface area contributed by atoms with Crippen LogP contribution in [0.5, 0.6) is 5.75 Å². The maximum Gasteiger partial charge on any atom is 0.265 e. The Hall–Kier alpha value is -1.71. The predicted octanol–water partition coefficient (Wildman–Crippen LogP) is 4.71. The van der Waals surface area contributed by atoms with E-state index in [1.54, 1.807) is 43.3 Å². The topological polar surface area (TPSA) is 38.3 Å². The number of hydrogen-bond acceptors (Lipinski definition) is 2. The number of aryl methyl sites for hydroxylation is 1. The fourth-order valence-electron chi connectivity index (χ4n) is 1.70. The molecule has 0 aliphatic carbocycles. The van der Waals surface area contributed by atoms with Gasteiger partial charge in [-0.2, -0.15) is 0 Å². The molecule has 2 rings (SSSR count). The van der Waals surface area contributed by atoms with Crippen LogP contribution in [0.4, 0.5) is 5.69 Å². The molecule has 2 aromatic rings. The molecule has 0 saturated carbocycles. The minimum atomic E-state index is -0.676. The number of ether oxygens (including phenoxy) is 1.